The highest BCUT2D eigenvalue weighted by atomic mass is 16.5. The summed E-state index contributed by atoms with van der Waals surface area (Å²) in [4.78, 5) is 18.2. The Balaban J connectivity index is 1.64. The molecule has 0 unspecified atom stereocenters. The maximum atomic E-state index is 5.80. The Morgan fingerprint density at radius 3 is 2.67 bits per heavy atom. The van der Waals surface area contributed by atoms with Crippen LogP contribution in [0.1, 0.15) is 18.5 Å². The monoisotopic (exact) mass is 324 g/mol. The molecule has 3 N–H and O–H groups in total. The van der Waals surface area contributed by atoms with E-state index in [4.69, 9.17) is 10.5 Å². The molecule has 1 aliphatic rings. The summed E-state index contributed by atoms with van der Waals surface area (Å²) in [5.74, 6) is 0.232. The SMILES string of the molecule is C[C@H](c1ccc(-c2nc(N)nc3nc[nH]c23)cc1)N1CCOCC1. The summed E-state index contributed by atoms with van der Waals surface area (Å²) in [5.41, 5.74) is 10.2. The minimum atomic E-state index is 0.232. The first kappa shape index (κ1) is 15.0. The third kappa shape index (κ3) is 2.72. The molecule has 0 saturated carbocycles. The van der Waals surface area contributed by atoms with Crippen LogP contribution in [0.5, 0.6) is 0 Å². The first-order valence-corrected chi connectivity index (χ1v) is 8.11. The number of nitrogens with zero attached hydrogens (tertiary/aromatic N) is 4. The van der Waals surface area contributed by atoms with Crippen LogP contribution >= 0.6 is 0 Å². The van der Waals surface area contributed by atoms with E-state index in [0.29, 0.717) is 11.7 Å². The molecule has 7 heteroatoms. The second-order valence-electron chi connectivity index (χ2n) is 5.98. The number of aromatic nitrogens is 4. The van der Waals surface area contributed by atoms with Crippen molar-refractivity contribution in [2.75, 3.05) is 32.0 Å². The van der Waals surface area contributed by atoms with Crippen molar-refractivity contribution in [1.29, 1.82) is 0 Å². The largest absolute Gasteiger partial charge is 0.379 e. The zero-order valence-corrected chi connectivity index (χ0v) is 13.6. The van der Waals surface area contributed by atoms with E-state index < -0.39 is 0 Å². The molecule has 1 fully saturated rings. The molecule has 0 spiro atoms. The van der Waals surface area contributed by atoms with Crippen LogP contribution in [0.15, 0.2) is 30.6 Å². The van der Waals surface area contributed by atoms with E-state index in [-0.39, 0.29) is 5.95 Å². The molecular weight excluding hydrogens is 304 g/mol. The molecule has 4 rings (SSSR count). The number of benzene rings is 1. The first-order valence-electron chi connectivity index (χ1n) is 8.11. The van der Waals surface area contributed by atoms with Crippen molar-refractivity contribution in [1.82, 2.24) is 24.8 Å². The van der Waals surface area contributed by atoms with Crippen LogP contribution in [-0.4, -0.2) is 51.1 Å². The number of nitrogens with one attached hydrogen (secondary N) is 1. The van der Waals surface area contributed by atoms with E-state index in [0.717, 1.165) is 43.1 Å². The number of aromatic amines is 1. The minimum Gasteiger partial charge on any atom is -0.379 e. The van der Waals surface area contributed by atoms with Gasteiger partial charge in [-0.1, -0.05) is 24.3 Å². The molecule has 1 atom stereocenters. The summed E-state index contributed by atoms with van der Waals surface area (Å²) in [6.45, 7) is 5.79. The normalized spacial score (nSPS) is 17.2. The van der Waals surface area contributed by atoms with Gasteiger partial charge < -0.3 is 15.5 Å². The number of anilines is 1. The highest BCUT2D eigenvalue weighted by molar-refractivity contribution is 5.87. The molecule has 7 nitrogen and oxygen atoms in total. The molecular formula is C17H20N6O. The third-order valence-corrected chi connectivity index (χ3v) is 4.56. The highest BCUT2D eigenvalue weighted by Crippen LogP contribution is 2.27. The van der Waals surface area contributed by atoms with Crippen molar-refractivity contribution in [2.45, 2.75) is 13.0 Å². The van der Waals surface area contributed by atoms with Gasteiger partial charge in [0, 0.05) is 24.7 Å². The fraction of sp³-hybridized carbons (Fsp3) is 0.353. The third-order valence-electron chi connectivity index (χ3n) is 4.56. The molecule has 0 bridgehead atoms. The molecule has 1 aromatic carbocycles. The summed E-state index contributed by atoms with van der Waals surface area (Å²) in [7, 11) is 0. The Hall–Kier alpha value is -2.51. The van der Waals surface area contributed by atoms with E-state index in [2.05, 4.69) is 56.0 Å². The fourth-order valence-electron chi connectivity index (χ4n) is 3.15. The lowest BCUT2D eigenvalue weighted by Crippen LogP contribution is -2.37. The summed E-state index contributed by atoms with van der Waals surface area (Å²) < 4.78 is 5.43. The Bertz CT molecular complexity index is 838. The van der Waals surface area contributed by atoms with Crippen molar-refractivity contribution in [3.8, 4) is 11.3 Å². The van der Waals surface area contributed by atoms with Crippen LogP contribution in [0.2, 0.25) is 0 Å². The average molecular weight is 324 g/mol. The number of fused-ring (bicyclic) bond motifs is 1. The second-order valence-corrected chi connectivity index (χ2v) is 5.98. The Morgan fingerprint density at radius 1 is 1.17 bits per heavy atom. The molecule has 124 valence electrons. The molecule has 24 heavy (non-hydrogen) atoms. The van der Waals surface area contributed by atoms with Gasteiger partial charge in [-0.25, -0.2) is 9.97 Å². The molecule has 3 aromatic rings. The van der Waals surface area contributed by atoms with Crippen LogP contribution in [0, 0.1) is 0 Å². The summed E-state index contributed by atoms with van der Waals surface area (Å²) in [6, 6.07) is 8.82. The number of H-pyrrole nitrogens is 1. The van der Waals surface area contributed by atoms with Crippen molar-refractivity contribution in [3.05, 3.63) is 36.2 Å². The predicted octanol–water partition coefficient (Wildman–Crippen LogP) is 2.00. The lowest BCUT2D eigenvalue weighted by atomic mass is 10.0. The van der Waals surface area contributed by atoms with Crippen molar-refractivity contribution in [2.24, 2.45) is 0 Å². The quantitative estimate of drug-likeness (QED) is 0.765. The van der Waals surface area contributed by atoms with Crippen molar-refractivity contribution >= 4 is 17.1 Å². The van der Waals surface area contributed by atoms with Gasteiger partial charge in [-0.2, -0.15) is 4.98 Å². The van der Waals surface area contributed by atoms with Crippen molar-refractivity contribution in [3.63, 3.8) is 0 Å². The van der Waals surface area contributed by atoms with Gasteiger partial charge in [0.25, 0.3) is 0 Å². The highest BCUT2D eigenvalue weighted by Gasteiger charge is 2.19. The summed E-state index contributed by atoms with van der Waals surface area (Å²) >= 11 is 0. The number of imidazole rings is 1. The summed E-state index contributed by atoms with van der Waals surface area (Å²) in [6.07, 6.45) is 1.61. The van der Waals surface area contributed by atoms with Gasteiger partial charge in [0.15, 0.2) is 5.65 Å². The van der Waals surface area contributed by atoms with Crippen LogP contribution in [0.3, 0.4) is 0 Å². The maximum Gasteiger partial charge on any atom is 0.222 e. The lowest BCUT2D eigenvalue weighted by Gasteiger charge is -2.32. The van der Waals surface area contributed by atoms with Gasteiger partial charge in [0.05, 0.1) is 19.5 Å². The number of hydrogen-bond donors (Lipinski definition) is 2. The molecule has 3 heterocycles. The molecule has 1 aliphatic heterocycles. The standard InChI is InChI=1S/C17H20N6O/c1-11(23-6-8-24-9-7-23)12-2-4-13(5-3-12)14-15-16(20-10-19-15)22-17(18)21-14/h2-5,10-11H,6-9H2,1H3,(H3,18,19,20,21,22)/t11-/m1/s1. The van der Waals surface area contributed by atoms with Gasteiger partial charge in [-0.15, -0.1) is 0 Å². The Morgan fingerprint density at radius 2 is 1.92 bits per heavy atom. The number of nitrogens with two attached hydrogens (primary N) is 1. The van der Waals surface area contributed by atoms with Crippen molar-refractivity contribution < 1.29 is 4.74 Å². The Labute approximate surface area is 139 Å². The first-order chi connectivity index (χ1) is 11.7. The zero-order chi connectivity index (χ0) is 16.5. The maximum absolute atomic E-state index is 5.80. The van der Waals surface area contributed by atoms with Gasteiger partial charge in [-0.05, 0) is 12.5 Å². The number of ether oxygens (including phenoxy) is 1. The average Bonchev–Trinajstić information content (AvgIpc) is 3.09. The molecule has 2 aromatic heterocycles. The van der Waals surface area contributed by atoms with E-state index in [9.17, 15) is 0 Å². The van der Waals surface area contributed by atoms with E-state index in [1.54, 1.807) is 6.33 Å². The number of hydrogen-bond acceptors (Lipinski definition) is 6. The number of rotatable bonds is 3. The van der Waals surface area contributed by atoms with Gasteiger partial charge in [0.2, 0.25) is 5.95 Å². The van der Waals surface area contributed by atoms with Crippen LogP contribution in [0.25, 0.3) is 22.4 Å². The van der Waals surface area contributed by atoms with Crippen LogP contribution < -0.4 is 5.73 Å². The smallest absolute Gasteiger partial charge is 0.222 e. The zero-order valence-electron chi connectivity index (χ0n) is 13.6. The fourth-order valence-corrected chi connectivity index (χ4v) is 3.15. The van der Waals surface area contributed by atoms with Gasteiger partial charge in [0.1, 0.15) is 11.2 Å². The van der Waals surface area contributed by atoms with Crippen LogP contribution in [-0.2, 0) is 4.74 Å². The van der Waals surface area contributed by atoms with Gasteiger partial charge in [-0.3, -0.25) is 4.90 Å². The molecule has 1 saturated heterocycles. The summed E-state index contributed by atoms with van der Waals surface area (Å²) in [5, 5.41) is 0. The van der Waals surface area contributed by atoms with E-state index in [1.165, 1.54) is 5.56 Å². The minimum absolute atomic E-state index is 0.232. The van der Waals surface area contributed by atoms with E-state index in [1.807, 2.05) is 0 Å². The second kappa shape index (κ2) is 6.18. The molecule has 0 radical (unpaired) electrons. The number of nitrogen functional groups attached to an aromatic ring is 1. The van der Waals surface area contributed by atoms with Crippen LogP contribution in [0.4, 0.5) is 5.95 Å². The Kier molecular flexibility index (Phi) is 3.87. The topological polar surface area (TPSA) is 92.9 Å². The molecule has 0 amide bonds. The molecule has 0 aliphatic carbocycles. The predicted molar refractivity (Wildman–Crippen MR) is 92.3 cm³/mol. The van der Waals surface area contributed by atoms with E-state index >= 15 is 0 Å². The number of morpholine rings is 1. The lowest BCUT2D eigenvalue weighted by molar-refractivity contribution is 0.0198. The van der Waals surface area contributed by atoms with Gasteiger partial charge >= 0.3 is 0 Å².